The second-order valence-corrected chi connectivity index (χ2v) is 5.23. The summed E-state index contributed by atoms with van der Waals surface area (Å²) >= 11 is 0. The maximum Gasteiger partial charge on any atom is 0.261 e. The fraction of sp³-hybridized carbons (Fsp3) is 0.111. The van der Waals surface area contributed by atoms with Gasteiger partial charge in [-0.25, -0.2) is 0 Å². The minimum Gasteiger partial charge on any atom is -0.463 e. The zero-order chi connectivity index (χ0) is 16.9. The highest BCUT2D eigenvalue weighted by Gasteiger charge is 2.14. The van der Waals surface area contributed by atoms with Crippen LogP contribution in [0.3, 0.4) is 0 Å². The molecule has 0 saturated heterocycles. The number of H-pyrrole nitrogens is 1. The molecule has 0 fully saturated rings. The van der Waals surface area contributed by atoms with Gasteiger partial charge in [-0.05, 0) is 29.8 Å². The molecule has 24 heavy (non-hydrogen) atoms. The Kier molecular flexibility index (Phi) is 4.58. The number of aromatic nitrogens is 1. The molecule has 3 aromatic rings. The summed E-state index contributed by atoms with van der Waals surface area (Å²) in [6.45, 7) is 0.0161. The molecule has 0 aliphatic rings. The van der Waals surface area contributed by atoms with Gasteiger partial charge in [0.05, 0.1) is 18.1 Å². The fourth-order valence-corrected chi connectivity index (χ4v) is 2.31. The monoisotopic (exact) mass is 324 g/mol. The van der Waals surface area contributed by atoms with Gasteiger partial charge in [0.1, 0.15) is 11.3 Å². The van der Waals surface area contributed by atoms with Crippen LogP contribution < -0.4 is 10.9 Å². The number of aromatic amines is 1. The number of aliphatic hydroxyl groups is 1. The van der Waals surface area contributed by atoms with Crippen molar-refractivity contribution >= 4 is 5.91 Å². The summed E-state index contributed by atoms with van der Waals surface area (Å²) in [5, 5.41) is 12.6. The maximum absolute atomic E-state index is 12.1. The summed E-state index contributed by atoms with van der Waals surface area (Å²) in [7, 11) is 0. The zero-order valence-electron chi connectivity index (χ0n) is 12.7. The lowest BCUT2D eigenvalue weighted by molar-refractivity contribution is 0.0915. The third-order valence-corrected chi connectivity index (χ3v) is 3.58. The van der Waals surface area contributed by atoms with Crippen LogP contribution >= 0.6 is 0 Å². The van der Waals surface area contributed by atoms with Crippen molar-refractivity contribution in [1.82, 2.24) is 10.3 Å². The van der Waals surface area contributed by atoms with E-state index in [2.05, 4.69) is 10.3 Å². The average molecular weight is 324 g/mol. The Hall–Kier alpha value is -3.12. The highest BCUT2D eigenvalue weighted by molar-refractivity contribution is 5.94. The van der Waals surface area contributed by atoms with E-state index >= 15 is 0 Å². The fourth-order valence-electron chi connectivity index (χ4n) is 2.31. The van der Waals surface area contributed by atoms with Gasteiger partial charge in [-0.15, -0.1) is 0 Å². The van der Waals surface area contributed by atoms with Crippen molar-refractivity contribution in [3.05, 3.63) is 82.3 Å². The number of amides is 1. The van der Waals surface area contributed by atoms with Crippen LogP contribution in [0.2, 0.25) is 0 Å². The lowest BCUT2D eigenvalue weighted by Crippen LogP contribution is -2.32. The van der Waals surface area contributed by atoms with Crippen LogP contribution in [0.15, 0.2) is 70.1 Å². The van der Waals surface area contributed by atoms with E-state index in [4.69, 9.17) is 4.42 Å². The number of hydrogen-bond donors (Lipinski definition) is 3. The number of hydrogen-bond acceptors (Lipinski definition) is 4. The Morgan fingerprint density at radius 1 is 1.12 bits per heavy atom. The largest absolute Gasteiger partial charge is 0.463 e. The van der Waals surface area contributed by atoms with Crippen molar-refractivity contribution in [2.75, 3.05) is 6.54 Å². The van der Waals surface area contributed by atoms with Crippen molar-refractivity contribution in [2.24, 2.45) is 0 Å². The van der Waals surface area contributed by atoms with Gasteiger partial charge in [-0.1, -0.05) is 30.3 Å². The van der Waals surface area contributed by atoms with E-state index in [0.717, 1.165) is 0 Å². The van der Waals surface area contributed by atoms with E-state index in [9.17, 15) is 14.7 Å². The number of benzene rings is 1. The van der Waals surface area contributed by atoms with Gasteiger partial charge in [0.2, 0.25) is 0 Å². The molecule has 6 nitrogen and oxygen atoms in total. The molecule has 2 aromatic heterocycles. The molecule has 1 atom stereocenters. The highest BCUT2D eigenvalue weighted by atomic mass is 16.3. The first-order valence-corrected chi connectivity index (χ1v) is 7.43. The van der Waals surface area contributed by atoms with Crippen LogP contribution in [-0.4, -0.2) is 22.5 Å². The van der Waals surface area contributed by atoms with Gasteiger partial charge in [0, 0.05) is 6.54 Å². The van der Waals surface area contributed by atoms with Crippen molar-refractivity contribution in [3.8, 4) is 11.5 Å². The van der Waals surface area contributed by atoms with Gasteiger partial charge in [0.15, 0.2) is 0 Å². The van der Waals surface area contributed by atoms with E-state index in [-0.39, 0.29) is 12.1 Å². The van der Waals surface area contributed by atoms with E-state index in [0.29, 0.717) is 17.0 Å². The summed E-state index contributed by atoms with van der Waals surface area (Å²) in [6.07, 6.45) is 0.663. The summed E-state index contributed by atoms with van der Waals surface area (Å²) in [5.41, 5.74) is 0.645. The Morgan fingerprint density at radius 2 is 1.92 bits per heavy atom. The summed E-state index contributed by atoms with van der Waals surface area (Å²) in [6, 6.07) is 15.4. The first kappa shape index (κ1) is 15.8. The molecular weight excluding hydrogens is 308 g/mol. The molecule has 1 aromatic carbocycles. The van der Waals surface area contributed by atoms with Gasteiger partial charge in [-0.2, -0.15) is 0 Å². The summed E-state index contributed by atoms with van der Waals surface area (Å²) < 4.78 is 5.20. The zero-order valence-corrected chi connectivity index (χ0v) is 12.7. The lowest BCUT2D eigenvalue weighted by atomic mass is 10.1. The van der Waals surface area contributed by atoms with Crippen LogP contribution in [0.1, 0.15) is 22.0 Å². The molecule has 3 rings (SSSR count). The van der Waals surface area contributed by atoms with Crippen LogP contribution in [0.5, 0.6) is 0 Å². The molecule has 6 heteroatoms. The van der Waals surface area contributed by atoms with Gasteiger partial charge in [0.25, 0.3) is 11.5 Å². The lowest BCUT2D eigenvalue weighted by Gasteiger charge is -2.12. The van der Waals surface area contributed by atoms with Gasteiger partial charge in [-0.3, -0.25) is 9.59 Å². The maximum atomic E-state index is 12.1. The second-order valence-electron chi connectivity index (χ2n) is 5.23. The Balaban J connectivity index is 1.68. The second kappa shape index (κ2) is 6.97. The number of carbonyl (C=O) groups is 1. The topological polar surface area (TPSA) is 95.3 Å². The third kappa shape index (κ3) is 3.44. The first-order chi connectivity index (χ1) is 11.6. The Labute approximate surface area is 137 Å². The van der Waals surface area contributed by atoms with Crippen LogP contribution in [0, 0.1) is 0 Å². The number of nitrogens with one attached hydrogen (secondary N) is 2. The molecule has 0 aliphatic heterocycles. The van der Waals surface area contributed by atoms with Crippen molar-refractivity contribution < 1.29 is 14.3 Å². The number of aliphatic hydroxyl groups excluding tert-OH is 1. The van der Waals surface area contributed by atoms with Crippen LogP contribution in [-0.2, 0) is 0 Å². The summed E-state index contributed by atoms with van der Waals surface area (Å²) in [4.78, 5) is 26.8. The third-order valence-electron chi connectivity index (χ3n) is 3.58. The quantitative estimate of drug-likeness (QED) is 0.670. The highest BCUT2D eigenvalue weighted by Crippen LogP contribution is 2.15. The molecule has 0 saturated carbocycles. The van der Waals surface area contributed by atoms with Gasteiger partial charge < -0.3 is 19.8 Å². The first-order valence-electron chi connectivity index (χ1n) is 7.43. The van der Waals surface area contributed by atoms with Crippen molar-refractivity contribution in [1.29, 1.82) is 0 Å². The Morgan fingerprint density at radius 3 is 2.58 bits per heavy atom. The normalized spacial score (nSPS) is 11.9. The van der Waals surface area contributed by atoms with Gasteiger partial charge >= 0.3 is 0 Å². The van der Waals surface area contributed by atoms with Crippen LogP contribution in [0.25, 0.3) is 11.5 Å². The predicted molar refractivity (Wildman–Crippen MR) is 88.5 cm³/mol. The van der Waals surface area contributed by atoms with E-state index in [1.807, 2.05) is 6.07 Å². The molecule has 0 spiro atoms. The molecule has 0 aliphatic carbocycles. The molecule has 1 amide bonds. The molecular formula is C18H16N2O4. The van der Waals surface area contributed by atoms with E-state index in [1.165, 1.54) is 12.3 Å². The smallest absolute Gasteiger partial charge is 0.261 e. The number of pyridine rings is 1. The Bertz CT molecular complexity index is 870. The molecule has 2 heterocycles. The molecule has 0 bridgehead atoms. The summed E-state index contributed by atoms with van der Waals surface area (Å²) in [5.74, 6) is -0.0317. The molecule has 122 valence electrons. The predicted octanol–water partition coefficient (Wildman–Crippen LogP) is 2.10. The number of furan rings is 1. The number of rotatable bonds is 5. The van der Waals surface area contributed by atoms with Crippen molar-refractivity contribution in [2.45, 2.75) is 6.10 Å². The number of carbonyl (C=O) groups excluding carboxylic acids is 1. The minimum absolute atomic E-state index is 0.0161. The van der Waals surface area contributed by atoms with E-state index in [1.54, 1.807) is 42.5 Å². The minimum atomic E-state index is -0.836. The SMILES string of the molecule is O=C(NC[C@@H](O)c1ccccc1)c1ccc(-c2ccco2)[nH]c1=O. The average Bonchev–Trinajstić information content (AvgIpc) is 3.14. The van der Waals surface area contributed by atoms with E-state index < -0.39 is 17.6 Å². The van der Waals surface area contributed by atoms with Crippen molar-refractivity contribution in [3.63, 3.8) is 0 Å². The van der Waals surface area contributed by atoms with Crippen LogP contribution in [0.4, 0.5) is 0 Å². The standard InChI is InChI=1S/C18H16N2O4/c21-15(12-5-2-1-3-6-12)11-19-17(22)13-8-9-14(20-18(13)23)16-7-4-10-24-16/h1-10,15,21H,11H2,(H,19,22)(H,20,23)/t15-/m1/s1. The molecule has 0 radical (unpaired) electrons. The molecule has 3 N–H and O–H groups in total. The molecule has 0 unspecified atom stereocenters.